The van der Waals surface area contributed by atoms with E-state index in [2.05, 4.69) is 6.08 Å². The van der Waals surface area contributed by atoms with E-state index in [1.54, 1.807) is 35.3 Å². The smallest absolute Gasteiger partial charge is 0.409 e. The maximum Gasteiger partial charge on any atom is 0.409 e. The molecule has 0 saturated carbocycles. The van der Waals surface area contributed by atoms with E-state index in [0.29, 0.717) is 44.1 Å². The van der Waals surface area contributed by atoms with Gasteiger partial charge in [-0.2, -0.15) is 16.4 Å². The number of carbonyl (C=O) groups excluding carboxylic acids is 2. The number of rotatable bonds is 8. The van der Waals surface area contributed by atoms with E-state index < -0.39 is 0 Å². The molecule has 194 valence electrons. The first kappa shape index (κ1) is 24.9. The molecule has 4 heterocycles. The van der Waals surface area contributed by atoms with Crippen molar-refractivity contribution in [2.75, 3.05) is 40.4 Å². The molecule has 3 aromatic rings. The highest BCUT2D eigenvalue weighted by Crippen LogP contribution is 2.44. The van der Waals surface area contributed by atoms with E-state index in [-0.39, 0.29) is 18.6 Å². The van der Waals surface area contributed by atoms with E-state index >= 15 is 0 Å². The van der Waals surface area contributed by atoms with Crippen LogP contribution in [0.5, 0.6) is 11.5 Å². The summed E-state index contributed by atoms with van der Waals surface area (Å²) >= 11 is 1.57. The summed E-state index contributed by atoms with van der Waals surface area (Å²) in [6.07, 6.45) is 2.42. The summed E-state index contributed by atoms with van der Waals surface area (Å²) in [5.74, 6) is 1.23. The Bertz CT molecular complexity index is 1360. The first-order chi connectivity index (χ1) is 17.9. The van der Waals surface area contributed by atoms with E-state index in [0.717, 1.165) is 39.4 Å². The van der Waals surface area contributed by atoms with Gasteiger partial charge in [0.05, 0.1) is 25.0 Å². The molecular formula is C27H30N4O5S. The number of hydrogen-bond acceptors (Lipinski definition) is 7. The quantitative estimate of drug-likeness (QED) is 0.421. The van der Waals surface area contributed by atoms with Gasteiger partial charge < -0.3 is 24.0 Å². The number of benzene rings is 1. The summed E-state index contributed by atoms with van der Waals surface area (Å²) < 4.78 is 18.6. The number of amides is 2. The number of hydrogen-bond donors (Lipinski definition) is 0. The molecule has 1 saturated heterocycles. The van der Waals surface area contributed by atoms with Crippen LogP contribution in [0.4, 0.5) is 4.79 Å². The van der Waals surface area contributed by atoms with E-state index in [1.807, 2.05) is 47.5 Å². The number of nitrogens with zero attached hydrogens (tertiary/aromatic N) is 4. The minimum Gasteiger partial charge on any atom is -0.496 e. The first-order valence-electron chi connectivity index (χ1n) is 12.2. The fourth-order valence-corrected chi connectivity index (χ4v) is 5.26. The molecule has 1 aromatic carbocycles. The zero-order valence-corrected chi connectivity index (χ0v) is 22.3. The van der Waals surface area contributed by atoms with Crippen molar-refractivity contribution in [3.8, 4) is 28.4 Å². The average Bonchev–Trinajstić information content (AvgIpc) is 3.63. The minimum atomic E-state index is -0.294. The molecule has 1 fully saturated rings. The van der Waals surface area contributed by atoms with Gasteiger partial charge in [-0.1, -0.05) is 11.6 Å². The third kappa shape index (κ3) is 4.81. The number of ether oxygens (including phenoxy) is 3. The van der Waals surface area contributed by atoms with Gasteiger partial charge >= 0.3 is 6.09 Å². The molecule has 0 atom stereocenters. The molecule has 0 aliphatic carbocycles. The fourth-order valence-electron chi connectivity index (χ4n) is 4.64. The highest BCUT2D eigenvalue weighted by molar-refractivity contribution is 7.08. The second-order valence-corrected chi connectivity index (χ2v) is 10.1. The number of cyclic esters (lactones) is 1. The van der Waals surface area contributed by atoms with Gasteiger partial charge in [-0.05, 0) is 37.8 Å². The molecule has 0 bridgehead atoms. The van der Waals surface area contributed by atoms with Crippen LogP contribution >= 0.6 is 11.3 Å². The van der Waals surface area contributed by atoms with Crippen LogP contribution in [-0.2, 0) is 11.3 Å². The molecule has 0 unspecified atom stereocenters. The molecular weight excluding hydrogens is 492 g/mol. The molecule has 2 amide bonds. The molecule has 2 aromatic heterocycles. The lowest BCUT2D eigenvalue weighted by molar-refractivity contribution is 0.0781. The van der Waals surface area contributed by atoms with Crippen LogP contribution in [0.25, 0.3) is 23.0 Å². The summed E-state index contributed by atoms with van der Waals surface area (Å²) in [6.45, 7) is 6.34. The van der Waals surface area contributed by atoms with Crippen LogP contribution < -0.4 is 9.47 Å². The van der Waals surface area contributed by atoms with Gasteiger partial charge in [0, 0.05) is 48.3 Å². The number of methoxy groups -OCH3 is 1. The Balaban J connectivity index is 1.50. The van der Waals surface area contributed by atoms with Gasteiger partial charge in [-0.3, -0.25) is 4.79 Å². The standard InChI is InChI=1S/C27H30N4O5S/c1-17(2)12-18-13-20-23(14-22(18)34-4)36-15-21-24(28-31(25(20)21)19-6-11-37-16-19)26(32)29(3)7-5-8-30-9-10-35-27(30)33/h6,11-14,16H,5,7-10,15H2,1-4H3. The second kappa shape index (κ2) is 10.3. The average molecular weight is 523 g/mol. The molecule has 2 aliphatic rings. The Morgan fingerprint density at radius 1 is 1.30 bits per heavy atom. The van der Waals surface area contributed by atoms with Crippen LogP contribution in [0.3, 0.4) is 0 Å². The van der Waals surface area contributed by atoms with Crippen molar-refractivity contribution in [3.63, 3.8) is 0 Å². The molecule has 9 nitrogen and oxygen atoms in total. The summed E-state index contributed by atoms with van der Waals surface area (Å²) in [5.41, 5.74) is 5.80. The molecule has 0 radical (unpaired) electrons. The summed E-state index contributed by atoms with van der Waals surface area (Å²) in [4.78, 5) is 28.6. The number of thiophene rings is 1. The lowest BCUT2D eigenvalue weighted by Gasteiger charge is -2.22. The summed E-state index contributed by atoms with van der Waals surface area (Å²) in [5, 5.41) is 8.81. The van der Waals surface area contributed by atoms with Gasteiger partial charge in [0.15, 0.2) is 5.69 Å². The number of fused-ring (bicyclic) bond motifs is 3. The van der Waals surface area contributed by atoms with Crippen LogP contribution in [-0.4, -0.2) is 72.0 Å². The van der Waals surface area contributed by atoms with Crippen LogP contribution in [0.1, 0.15) is 41.9 Å². The SMILES string of the molecule is COc1cc2c(cc1C=C(C)C)-c1c(c(C(=O)N(C)CCCN3CCOC3=O)nn1-c1ccsc1)CO2. The Labute approximate surface area is 219 Å². The Morgan fingerprint density at radius 3 is 2.81 bits per heavy atom. The monoisotopic (exact) mass is 522 g/mol. The zero-order valence-electron chi connectivity index (χ0n) is 21.4. The molecule has 37 heavy (non-hydrogen) atoms. The van der Waals surface area contributed by atoms with Gasteiger partial charge in [-0.25, -0.2) is 9.48 Å². The Morgan fingerprint density at radius 2 is 2.14 bits per heavy atom. The van der Waals surface area contributed by atoms with Gasteiger partial charge in [0.1, 0.15) is 24.7 Å². The lowest BCUT2D eigenvalue weighted by atomic mass is 9.98. The van der Waals surface area contributed by atoms with Crippen molar-refractivity contribution < 1.29 is 23.8 Å². The van der Waals surface area contributed by atoms with Gasteiger partial charge in [-0.15, -0.1) is 0 Å². The van der Waals surface area contributed by atoms with Crippen molar-refractivity contribution in [2.24, 2.45) is 0 Å². The summed E-state index contributed by atoms with van der Waals surface area (Å²) in [7, 11) is 3.41. The highest BCUT2D eigenvalue weighted by Gasteiger charge is 2.32. The van der Waals surface area contributed by atoms with Crippen LogP contribution in [0, 0.1) is 0 Å². The highest BCUT2D eigenvalue weighted by atomic mass is 32.1. The van der Waals surface area contributed by atoms with E-state index in [9.17, 15) is 9.59 Å². The first-order valence-corrected chi connectivity index (χ1v) is 13.1. The molecule has 5 rings (SSSR count). The van der Waals surface area contributed by atoms with Crippen LogP contribution in [0.15, 0.2) is 34.5 Å². The van der Waals surface area contributed by atoms with Crippen LogP contribution in [0.2, 0.25) is 0 Å². The topological polar surface area (TPSA) is 86.1 Å². The normalized spacial score (nSPS) is 13.9. The van der Waals surface area contributed by atoms with Gasteiger partial charge in [0.2, 0.25) is 0 Å². The summed E-state index contributed by atoms with van der Waals surface area (Å²) in [6, 6.07) is 5.92. The lowest BCUT2D eigenvalue weighted by Crippen LogP contribution is -2.32. The number of aromatic nitrogens is 2. The van der Waals surface area contributed by atoms with Crippen molar-refractivity contribution in [2.45, 2.75) is 26.9 Å². The maximum absolute atomic E-state index is 13.6. The van der Waals surface area contributed by atoms with Crippen molar-refractivity contribution >= 4 is 29.4 Å². The molecule has 0 N–H and O–H groups in total. The Hall–Kier alpha value is -3.79. The van der Waals surface area contributed by atoms with Crippen molar-refractivity contribution in [3.05, 3.63) is 51.4 Å². The number of allylic oxidation sites excluding steroid dienone is 1. The maximum atomic E-state index is 13.6. The minimum absolute atomic E-state index is 0.181. The predicted octanol–water partition coefficient (Wildman–Crippen LogP) is 4.84. The third-order valence-corrected chi connectivity index (χ3v) is 7.12. The third-order valence-electron chi connectivity index (χ3n) is 6.45. The molecule has 0 spiro atoms. The largest absolute Gasteiger partial charge is 0.496 e. The van der Waals surface area contributed by atoms with E-state index in [4.69, 9.17) is 19.3 Å². The predicted molar refractivity (Wildman–Crippen MR) is 142 cm³/mol. The zero-order chi connectivity index (χ0) is 26.1. The van der Waals surface area contributed by atoms with Gasteiger partial charge in [0.25, 0.3) is 5.91 Å². The van der Waals surface area contributed by atoms with E-state index in [1.165, 1.54) is 0 Å². The van der Waals surface area contributed by atoms with Crippen molar-refractivity contribution in [1.29, 1.82) is 0 Å². The Kier molecular flexibility index (Phi) is 6.92. The van der Waals surface area contributed by atoms with Crippen molar-refractivity contribution in [1.82, 2.24) is 19.6 Å². The molecule has 10 heteroatoms. The molecule has 2 aliphatic heterocycles. The fraction of sp³-hybridized carbons (Fsp3) is 0.370. The second-order valence-electron chi connectivity index (χ2n) is 9.35. The number of carbonyl (C=O) groups is 2.